The maximum atomic E-state index is 13.0. The summed E-state index contributed by atoms with van der Waals surface area (Å²) in [5.41, 5.74) is -1.00. The summed E-state index contributed by atoms with van der Waals surface area (Å²) in [6.45, 7) is 2.33. The molecule has 3 aromatic rings. The molecule has 4 rings (SSSR count). The number of hydrogen-bond acceptors (Lipinski definition) is 6. The van der Waals surface area contributed by atoms with E-state index < -0.39 is 11.9 Å². The fraction of sp³-hybridized carbons (Fsp3) is 0.462. The van der Waals surface area contributed by atoms with Gasteiger partial charge in [0.25, 0.3) is 5.78 Å². The van der Waals surface area contributed by atoms with Crippen molar-refractivity contribution in [2.45, 2.75) is 38.5 Å². The van der Waals surface area contributed by atoms with Gasteiger partial charge in [-0.05, 0) is 13.3 Å². The average molecular weight is 338 g/mol. The lowest BCUT2D eigenvalue weighted by Crippen LogP contribution is -2.33. The van der Waals surface area contributed by atoms with Crippen LogP contribution in [0, 0.1) is 6.92 Å². The second-order valence-electron chi connectivity index (χ2n) is 5.63. The van der Waals surface area contributed by atoms with Gasteiger partial charge in [0.15, 0.2) is 5.69 Å². The van der Waals surface area contributed by atoms with E-state index in [1.54, 1.807) is 4.68 Å². The fourth-order valence-electron chi connectivity index (χ4n) is 2.82. The number of halogens is 3. The Bertz CT molecular complexity index is 896. The molecule has 0 saturated heterocycles. The van der Waals surface area contributed by atoms with Crippen LogP contribution in [-0.2, 0) is 19.1 Å². The highest BCUT2D eigenvalue weighted by molar-refractivity contribution is 5.46. The lowest BCUT2D eigenvalue weighted by atomic mass is 10.1. The van der Waals surface area contributed by atoms with Crippen molar-refractivity contribution in [1.29, 1.82) is 0 Å². The summed E-state index contributed by atoms with van der Waals surface area (Å²) < 4.78 is 42.1. The van der Waals surface area contributed by atoms with Crippen molar-refractivity contribution >= 4 is 11.6 Å². The fourth-order valence-corrected chi connectivity index (χ4v) is 2.82. The zero-order valence-corrected chi connectivity index (χ0v) is 12.6. The van der Waals surface area contributed by atoms with Crippen LogP contribution in [0.25, 0.3) is 5.78 Å². The molecule has 0 aromatic carbocycles. The highest BCUT2D eigenvalue weighted by Gasteiger charge is 2.34. The topological polar surface area (TPSA) is 85.8 Å². The molecule has 1 aliphatic heterocycles. The predicted octanol–water partition coefficient (Wildman–Crippen LogP) is 1.47. The third-order valence-electron chi connectivity index (χ3n) is 3.86. The van der Waals surface area contributed by atoms with Crippen LogP contribution >= 0.6 is 0 Å². The van der Waals surface area contributed by atoms with Crippen LogP contribution in [-0.4, -0.2) is 40.4 Å². The molecule has 0 unspecified atom stereocenters. The van der Waals surface area contributed by atoms with Crippen LogP contribution in [0.3, 0.4) is 0 Å². The van der Waals surface area contributed by atoms with Gasteiger partial charge in [0.1, 0.15) is 23.8 Å². The molecule has 0 saturated carbocycles. The van der Waals surface area contributed by atoms with E-state index in [4.69, 9.17) is 0 Å². The Labute approximate surface area is 133 Å². The zero-order chi connectivity index (χ0) is 16.9. The molecule has 0 bridgehead atoms. The molecular formula is C13H13F3N8. The Morgan fingerprint density at radius 2 is 2.12 bits per heavy atom. The van der Waals surface area contributed by atoms with E-state index in [0.717, 1.165) is 18.3 Å². The lowest BCUT2D eigenvalue weighted by molar-refractivity contribution is -0.141. The van der Waals surface area contributed by atoms with Crippen molar-refractivity contribution < 1.29 is 13.2 Å². The highest BCUT2D eigenvalue weighted by atomic mass is 19.4. The van der Waals surface area contributed by atoms with Gasteiger partial charge in [0.05, 0.1) is 6.54 Å². The molecule has 0 aliphatic carbocycles. The lowest BCUT2D eigenvalue weighted by Gasteiger charge is -2.24. The summed E-state index contributed by atoms with van der Waals surface area (Å²) in [6.07, 6.45) is -1.94. The van der Waals surface area contributed by atoms with E-state index >= 15 is 0 Å². The molecule has 1 N–H and O–H groups in total. The van der Waals surface area contributed by atoms with Crippen LogP contribution in [0.1, 0.15) is 23.8 Å². The first kappa shape index (κ1) is 14.8. The molecule has 0 fully saturated rings. The standard InChI is InChI=1S/C13H13F3N8/c1-7-19-10-3-2-8(5-23(10)22-7)20-11-4-9(13(14,15)16)21-12-17-6-18-24(11)12/h4,6,8,20H,2-3,5H2,1H3/t8-/m1/s1. The zero-order valence-electron chi connectivity index (χ0n) is 12.6. The number of rotatable bonds is 2. The predicted molar refractivity (Wildman–Crippen MR) is 76.3 cm³/mol. The Morgan fingerprint density at radius 3 is 2.92 bits per heavy atom. The van der Waals surface area contributed by atoms with Crippen LogP contribution in [0.5, 0.6) is 0 Å². The first-order valence-electron chi connectivity index (χ1n) is 7.35. The average Bonchev–Trinajstić information content (AvgIpc) is 3.10. The van der Waals surface area contributed by atoms with Gasteiger partial charge in [-0.15, -0.1) is 0 Å². The van der Waals surface area contributed by atoms with E-state index in [9.17, 15) is 13.2 Å². The number of alkyl halides is 3. The monoisotopic (exact) mass is 338 g/mol. The Hall–Kier alpha value is -2.72. The third kappa shape index (κ3) is 2.55. The summed E-state index contributed by atoms with van der Waals surface area (Å²) in [7, 11) is 0. The van der Waals surface area contributed by atoms with Gasteiger partial charge in [-0.2, -0.15) is 32.9 Å². The number of hydrogen-bond donors (Lipinski definition) is 1. The van der Waals surface area contributed by atoms with Gasteiger partial charge >= 0.3 is 6.18 Å². The van der Waals surface area contributed by atoms with Crippen LogP contribution in [0.2, 0.25) is 0 Å². The van der Waals surface area contributed by atoms with Gasteiger partial charge in [0, 0.05) is 18.5 Å². The second kappa shape index (κ2) is 5.14. The molecule has 3 aromatic heterocycles. The molecule has 11 heteroatoms. The first-order valence-corrected chi connectivity index (χ1v) is 7.35. The number of nitrogens with zero attached hydrogens (tertiary/aromatic N) is 7. The first-order chi connectivity index (χ1) is 11.4. The van der Waals surface area contributed by atoms with Crippen molar-refractivity contribution in [3.8, 4) is 0 Å². The largest absolute Gasteiger partial charge is 0.433 e. The minimum Gasteiger partial charge on any atom is -0.365 e. The summed E-state index contributed by atoms with van der Waals surface area (Å²) >= 11 is 0. The van der Waals surface area contributed by atoms with Crippen molar-refractivity contribution in [1.82, 2.24) is 34.3 Å². The Balaban J connectivity index is 1.66. The molecule has 24 heavy (non-hydrogen) atoms. The summed E-state index contributed by atoms with van der Waals surface area (Å²) in [5, 5.41) is 11.3. The molecule has 0 amide bonds. The Morgan fingerprint density at radius 1 is 1.29 bits per heavy atom. The van der Waals surface area contributed by atoms with Gasteiger partial charge in [0.2, 0.25) is 0 Å². The van der Waals surface area contributed by atoms with E-state index in [2.05, 4.69) is 30.5 Å². The second-order valence-corrected chi connectivity index (χ2v) is 5.63. The van der Waals surface area contributed by atoms with E-state index in [1.807, 2.05) is 6.92 Å². The summed E-state index contributed by atoms with van der Waals surface area (Å²) in [6, 6.07) is 0.860. The smallest absolute Gasteiger partial charge is 0.365 e. The van der Waals surface area contributed by atoms with E-state index in [0.29, 0.717) is 18.8 Å². The van der Waals surface area contributed by atoms with Gasteiger partial charge in [-0.1, -0.05) is 0 Å². The molecule has 4 heterocycles. The van der Waals surface area contributed by atoms with Crippen LogP contribution < -0.4 is 5.32 Å². The maximum absolute atomic E-state index is 13.0. The van der Waals surface area contributed by atoms with Gasteiger partial charge < -0.3 is 5.32 Å². The number of fused-ring (bicyclic) bond motifs is 2. The minimum atomic E-state index is -4.55. The number of nitrogens with one attached hydrogen (secondary N) is 1. The van der Waals surface area contributed by atoms with Gasteiger partial charge in [-0.25, -0.2) is 14.6 Å². The molecule has 0 radical (unpaired) electrons. The van der Waals surface area contributed by atoms with Crippen molar-refractivity contribution in [3.05, 3.63) is 29.7 Å². The van der Waals surface area contributed by atoms with Crippen molar-refractivity contribution in [3.63, 3.8) is 0 Å². The van der Waals surface area contributed by atoms with Crippen LogP contribution in [0.4, 0.5) is 19.0 Å². The van der Waals surface area contributed by atoms with Crippen LogP contribution in [0.15, 0.2) is 12.4 Å². The van der Waals surface area contributed by atoms with E-state index in [1.165, 1.54) is 10.8 Å². The number of aromatic nitrogens is 7. The maximum Gasteiger partial charge on any atom is 0.433 e. The summed E-state index contributed by atoms with van der Waals surface area (Å²) in [5.74, 6) is 1.69. The molecule has 1 aliphatic rings. The van der Waals surface area contributed by atoms with Crippen molar-refractivity contribution in [2.75, 3.05) is 5.32 Å². The normalized spacial score (nSPS) is 17.9. The minimum absolute atomic E-state index is 0.0884. The Kier molecular flexibility index (Phi) is 3.18. The molecule has 126 valence electrons. The van der Waals surface area contributed by atoms with E-state index in [-0.39, 0.29) is 17.6 Å². The SMILES string of the molecule is Cc1nc2n(n1)C[C@H](Nc1cc(C(F)(F)F)nc3ncnn13)CC2. The number of anilines is 1. The van der Waals surface area contributed by atoms with Crippen molar-refractivity contribution in [2.24, 2.45) is 0 Å². The molecule has 1 atom stereocenters. The number of aryl methyl sites for hydroxylation is 2. The van der Waals surface area contributed by atoms with Gasteiger partial charge in [-0.3, -0.25) is 0 Å². The quantitative estimate of drug-likeness (QED) is 0.762. The molecular weight excluding hydrogens is 325 g/mol. The summed E-state index contributed by atoms with van der Waals surface area (Å²) in [4.78, 5) is 11.6. The molecule has 8 nitrogen and oxygen atoms in total. The third-order valence-corrected chi connectivity index (χ3v) is 3.86. The molecule has 0 spiro atoms. The highest BCUT2D eigenvalue weighted by Crippen LogP contribution is 2.30.